The molecule has 0 saturated heterocycles. The molecule has 0 aromatic rings. The van der Waals surface area contributed by atoms with Gasteiger partial charge in [-0.05, 0) is 6.42 Å². The molecular weight excluding hydrogens is 194 g/mol. The van der Waals surface area contributed by atoms with Gasteiger partial charge in [0, 0.05) is 6.42 Å². The predicted octanol–water partition coefficient (Wildman–Crippen LogP) is 3.48. The summed E-state index contributed by atoms with van der Waals surface area (Å²) in [5.74, 6) is 0.0410. The summed E-state index contributed by atoms with van der Waals surface area (Å²) in [6.07, 6.45) is 10.8. The maximum Gasteiger partial charge on any atom is 0.229 e. The van der Waals surface area contributed by atoms with Crippen LogP contribution in [0.3, 0.4) is 0 Å². The van der Waals surface area contributed by atoms with Gasteiger partial charge in [-0.2, -0.15) is 0 Å². The fraction of sp³-hybridized carbons (Fsp3) is 0.909. The number of hydrogen-bond donors (Lipinski definition) is 2. The molecule has 0 aliphatic heterocycles. The van der Waals surface area contributed by atoms with Crippen molar-refractivity contribution in [3.63, 3.8) is 0 Å². The van der Waals surface area contributed by atoms with Gasteiger partial charge >= 0.3 is 0 Å². The molecule has 0 aromatic heterocycles. The Kier molecular flexibility index (Phi) is 10.8. The van der Waals surface area contributed by atoms with Crippen LogP contribution in [0.1, 0.15) is 64.7 Å². The Morgan fingerprint density at radius 3 is 2.00 bits per heavy atom. The molecule has 0 unspecified atom stereocenters. The predicted molar refractivity (Wildman–Crippen MR) is 64.4 cm³/mol. The molecule has 84 valence electrons. The summed E-state index contributed by atoms with van der Waals surface area (Å²) in [5.41, 5.74) is 0. The number of hydrogen-bond acceptors (Lipinski definition) is 2. The molecule has 0 atom stereocenters. The summed E-state index contributed by atoms with van der Waals surface area (Å²) in [6, 6.07) is 0. The van der Waals surface area contributed by atoms with Crippen LogP contribution in [0.15, 0.2) is 0 Å². The Labute approximate surface area is 93.4 Å². The lowest BCUT2D eigenvalue weighted by Gasteiger charge is -2.00. The first-order valence-electron chi connectivity index (χ1n) is 5.74. The van der Waals surface area contributed by atoms with Gasteiger partial charge < -0.3 is 4.72 Å². The Morgan fingerprint density at radius 1 is 1.00 bits per heavy atom. The van der Waals surface area contributed by atoms with E-state index in [4.69, 9.17) is 0 Å². The van der Waals surface area contributed by atoms with Crippen LogP contribution in [0.2, 0.25) is 0 Å². The molecule has 2 nitrogen and oxygen atoms in total. The van der Waals surface area contributed by atoms with Gasteiger partial charge in [0.1, 0.15) is 0 Å². The molecule has 1 N–H and O–H groups in total. The van der Waals surface area contributed by atoms with E-state index in [0.29, 0.717) is 6.42 Å². The van der Waals surface area contributed by atoms with Crippen molar-refractivity contribution in [1.82, 2.24) is 4.72 Å². The van der Waals surface area contributed by atoms with E-state index in [9.17, 15) is 4.79 Å². The van der Waals surface area contributed by atoms with Gasteiger partial charge in [-0.1, -0.05) is 64.7 Å². The van der Waals surface area contributed by atoms with E-state index in [1.807, 2.05) is 0 Å². The highest BCUT2D eigenvalue weighted by atomic mass is 32.1. The fourth-order valence-corrected chi connectivity index (χ4v) is 1.59. The van der Waals surface area contributed by atoms with Gasteiger partial charge in [0.05, 0.1) is 0 Å². The summed E-state index contributed by atoms with van der Waals surface area (Å²) < 4.78 is 2.34. The average molecular weight is 217 g/mol. The van der Waals surface area contributed by atoms with Crippen LogP contribution < -0.4 is 4.72 Å². The Balaban J connectivity index is 2.95. The Bertz CT molecular complexity index is 139. The van der Waals surface area contributed by atoms with Crippen LogP contribution in [-0.2, 0) is 4.79 Å². The monoisotopic (exact) mass is 217 g/mol. The Morgan fingerprint density at radius 2 is 1.50 bits per heavy atom. The minimum atomic E-state index is 0.0410. The van der Waals surface area contributed by atoms with E-state index in [2.05, 4.69) is 24.5 Å². The van der Waals surface area contributed by atoms with Gasteiger partial charge in [-0.3, -0.25) is 4.79 Å². The van der Waals surface area contributed by atoms with Gasteiger partial charge in [0.25, 0.3) is 0 Å². The molecule has 0 heterocycles. The summed E-state index contributed by atoms with van der Waals surface area (Å²) in [4.78, 5) is 10.8. The first kappa shape index (κ1) is 13.8. The van der Waals surface area contributed by atoms with E-state index >= 15 is 0 Å². The number of nitrogens with one attached hydrogen (secondary N) is 1. The fourth-order valence-electron chi connectivity index (χ4n) is 1.48. The van der Waals surface area contributed by atoms with Crippen LogP contribution in [-0.4, -0.2) is 5.91 Å². The van der Waals surface area contributed by atoms with Crippen LogP contribution in [0.5, 0.6) is 0 Å². The van der Waals surface area contributed by atoms with Crippen molar-refractivity contribution in [2.24, 2.45) is 0 Å². The van der Waals surface area contributed by atoms with Crippen molar-refractivity contribution in [1.29, 1.82) is 0 Å². The normalized spacial score (nSPS) is 10.1. The maximum absolute atomic E-state index is 10.8. The third-order valence-corrected chi connectivity index (χ3v) is 2.63. The van der Waals surface area contributed by atoms with Crippen LogP contribution in [0, 0.1) is 0 Å². The molecule has 0 rings (SSSR count). The van der Waals surface area contributed by atoms with Crippen molar-refractivity contribution in [3.8, 4) is 0 Å². The van der Waals surface area contributed by atoms with E-state index in [1.165, 1.54) is 44.9 Å². The number of carbonyl (C=O) groups is 1. The molecule has 1 amide bonds. The van der Waals surface area contributed by atoms with Gasteiger partial charge in [0.15, 0.2) is 0 Å². The second kappa shape index (κ2) is 10.9. The van der Waals surface area contributed by atoms with Crippen molar-refractivity contribution >= 4 is 18.7 Å². The number of rotatable bonds is 9. The third-order valence-electron chi connectivity index (χ3n) is 2.38. The standard InChI is InChI=1S/C11H23NOS/c1-2-3-4-5-6-7-8-9-10-11(13)12-14/h14H,2-10H2,1H3,(H,12,13). The first-order chi connectivity index (χ1) is 6.81. The first-order valence-corrected chi connectivity index (χ1v) is 6.19. The Hall–Kier alpha value is -0.180. The molecule has 0 fully saturated rings. The lowest BCUT2D eigenvalue weighted by Crippen LogP contribution is -2.11. The van der Waals surface area contributed by atoms with Gasteiger partial charge in [-0.15, -0.1) is 0 Å². The van der Waals surface area contributed by atoms with Crippen molar-refractivity contribution in [2.75, 3.05) is 0 Å². The van der Waals surface area contributed by atoms with Gasteiger partial charge in [0.2, 0.25) is 5.91 Å². The molecule has 3 heteroatoms. The highest BCUT2D eigenvalue weighted by Gasteiger charge is 1.97. The lowest BCUT2D eigenvalue weighted by atomic mass is 10.1. The summed E-state index contributed by atoms with van der Waals surface area (Å²) in [6.45, 7) is 2.23. The number of amides is 1. The quantitative estimate of drug-likeness (QED) is 0.449. The van der Waals surface area contributed by atoms with E-state index in [-0.39, 0.29) is 5.91 Å². The van der Waals surface area contributed by atoms with Crippen LogP contribution in [0.4, 0.5) is 0 Å². The van der Waals surface area contributed by atoms with E-state index in [0.717, 1.165) is 6.42 Å². The summed E-state index contributed by atoms with van der Waals surface area (Å²) in [5, 5.41) is 0. The van der Waals surface area contributed by atoms with E-state index < -0.39 is 0 Å². The molecule has 0 aliphatic rings. The minimum absolute atomic E-state index is 0.0410. The van der Waals surface area contributed by atoms with Crippen LogP contribution >= 0.6 is 12.8 Å². The lowest BCUT2D eigenvalue weighted by molar-refractivity contribution is -0.119. The molecule has 14 heavy (non-hydrogen) atoms. The molecule has 0 saturated carbocycles. The van der Waals surface area contributed by atoms with Crippen LogP contribution in [0.25, 0.3) is 0 Å². The molecule has 0 bridgehead atoms. The second-order valence-corrected chi connectivity index (χ2v) is 3.98. The zero-order chi connectivity index (χ0) is 10.6. The summed E-state index contributed by atoms with van der Waals surface area (Å²) >= 11 is 3.70. The minimum Gasteiger partial charge on any atom is -0.303 e. The molecule has 0 radical (unpaired) electrons. The van der Waals surface area contributed by atoms with Gasteiger partial charge in [-0.25, -0.2) is 0 Å². The topological polar surface area (TPSA) is 29.1 Å². The average Bonchev–Trinajstić information content (AvgIpc) is 2.21. The number of thiol groups is 1. The zero-order valence-corrected chi connectivity index (χ0v) is 10.1. The SMILES string of the molecule is CCCCCCCCCCC(=O)NS. The molecule has 0 spiro atoms. The smallest absolute Gasteiger partial charge is 0.229 e. The third kappa shape index (κ3) is 9.90. The van der Waals surface area contributed by atoms with Crippen molar-refractivity contribution < 1.29 is 4.79 Å². The zero-order valence-electron chi connectivity index (χ0n) is 9.22. The number of carbonyl (C=O) groups excluding carboxylic acids is 1. The van der Waals surface area contributed by atoms with Crippen molar-refractivity contribution in [2.45, 2.75) is 64.7 Å². The maximum atomic E-state index is 10.8. The summed E-state index contributed by atoms with van der Waals surface area (Å²) in [7, 11) is 0. The molecule has 0 aliphatic carbocycles. The highest BCUT2D eigenvalue weighted by molar-refractivity contribution is 7.78. The highest BCUT2D eigenvalue weighted by Crippen LogP contribution is 2.09. The molecule has 0 aromatic carbocycles. The number of unbranched alkanes of at least 4 members (excludes halogenated alkanes) is 7. The van der Waals surface area contributed by atoms with E-state index in [1.54, 1.807) is 0 Å². The largest absolute Gasteiger partial charge is 0.303 e. The molecular formula is C11H23NOS. The van der Waals surface area contributed by atoms with Crippen molar-refractivity contribution in [3.05, 3.63) is 0 Å². The second-order valence-electron chi connectivity index (χ2n) is 3.76.